The third-order valence-electron chi connectivity index (χ3n) is 2.67. The van der Waals surface area contributed by atoms with Gasteiger partial charge in [-0.1, -0.05) is 12.1 Å². The van der Waals surface area contributed by atoms with Crippen LogP contribution in [0, 0.1) is 5.92 Å². The van der Waals surface area contributed by atoms with Gasteiger partial charge in [0.15, 0.2) is 0 Å². The minimum absolute atomic E-state index is 0.195. The highest BCUT2D eigenvalue weighted by molar-refractivity contribution is 5.75. The number of hydrogen-bond acceptors (Lipinski definition) is 4. The monoisotopic (exact) mass is 269 g/mol. The zero-order valence-electron chi connectivity index (χ0n) is 11.1. The minimum atomic E-state index is -0.908. The number of nitrogens with zero attached hydrogens (tertiary/aromatic N) is 4. The number of rotatable bonds is 7. The van der Waals surface area contributed by atoms with Crippen LogP contribution in [0.1, 0.15) is 13.8 Å². The second kappa shape index (κ2) is 7.34. The van der Waals surface area contributed by atoms with E-state index in [-0.39, 0.29) is 12.6 Å². The highest BCUT2D eigenvalue weighted by Gasteiger charge is 2.18. The number of urea groups is 1. The summed E-state index contributed by atoms with van der Waals surface area (Å²) in [6.45, 7) is 4.99. The van der Waals surface area contributed by atoms with E-state index in [9.17, 15) is 9.59 Å². The first-order valence-electron chi connectivity index (χ1n) is 6.14. The average molecular weight is 269 g/mol. The fourth-order valence-corrected chi connectivity index (χ4v) is 1.51. The molecule has 0 aliphatic carbocycles. The third-order valence-corrected chi connectivity index (χ3v) is 2.67. The first-order chi connectivity index (χ1) is 9.04. The molecular weight excluding hydrogens is 250 g/mol. The summed E-state index contributed by atoms with van der Waals surface area (Å²) in [5.74, 6) is -1.49. The lowest BCUT2D eigenvalue weighted by molar-refractivity contribution is -0.141. The highest BCUT2D eigenvalue weighted by atomic mass is 16.4. The first-order valence-corrected chi connectivity index (χ1v) is 6.14. The molecule has 2 N–H and O–H groups in total. The molecule has 1 unspecified atom stereocenters. The fourth-order valence-electron chi connectivity index (χ4n) is 1.51. The largest absolute Gasteiger partial charge is 0.481 e. The zero-order chi connectivity index (χ0) is 14.3. The Bertz CT molecular complexity index is 406. The van der Waals surface area contributed by atoms with Gasteiger partial charge in [-0.15, -0.1) is 5.10 Å². The average Bonchev–Trinajstić information content (AvgIpc) is 2.88. The van der Waals surface area contributed by atoms with Crippen LogP contribution in [0.15, 0.2) is 12.4 Å². The summed E-state index contributed by atoms with van der Waals surface area (Å²) in [5, 5.41) is 19.0. The molecule has 106 valence electrons. The Kier molecular flexibility index (Phi) is 5.77. The SMILES string of the molecule is CCN(CC(C)C(=O)O)C(=O)NCCn1ccnn1. The molecule has 2 amide bonds. The van der Waals surface area contributed by atoms with Gasteiger partial charge in [-0.2, -0.15) is 0 Å². The molecule has 1 aromatic heterocycles. The van der Waals surface area contributed by atoms with E-state index in [0.717, 1.165) is 0 Å². The maximum absolute atomic E-state index is 11.8. The van der Waals surface area contributed by atoms with Gasteiger partial charge in [-0.25, -0.2) is 4.79 Å². The van der Waals surface area contributed by atoms with Gasteiger partial charge in [-0.05, 0) is 6.92 Å². The maximum Gasteiger partial charge on any atom is 0.317 e. The summed E-state index contributed by atoms with van der Waals surface area (Å²) in [6.07, 6.45) is 3.27. The Labute approximate surface area is 111 Å². The van der Waals surface area contributed by atoms with Gasteiger partial charge in [0.1, 0.15) is 0 Å². The lowest BCUT2D eigenvalue weighted by atomic mass is 10.2. The van der Waals surface area contributed by atoms with Crippen molar-refractivity contribution in [1.29, 1.82) is 0 Å². The van der Waals surface area contributed by atoms with E-state index in [4.69, 9.17) is 5.11 Å². The number of carboxylic acid groups (broad SMARTS) is 1. The van der Waals surface area contributed by atoms with Crippen molar-refractivity contribution in [1.82, 2.24) is 25.2 Å². The van der Waals surface area contributed by atoms with Crippen molar-refractivity contribution in [2.45, 2.75) is 20.4 Å². The van der Waals surface area contributed by atoms with Crippen molar-refractivity contribution < 1.29 is 14.7 Å². The molecule has 0 spiro atoms. The van der Waals surface area contributed by atoms with E-state index < -0.39 is 11.9 Å². The maximum atomic E-state index is 11.8. The molecule has 0 saturated heterocycles. The van der Waals surface area contributed by atoms with Crippen molar-refractivity contribution in [2.24, 2.45) is 5.92 Å². The standard InChI is InChI=1S/C11H19N5O3/c1-3-15(8-9(2)10(17)18)11(19)12-4-6-16-7-5-13-14-16/h5,7,9H,3-4,6,8H2,1-2H3,(H,12,19)(H,17,18). The summed E-state index contributed by atoms with van der Waals surface area (Å²) in [6, 6.07) is -0.268. The van der Waals surface area contributed by atoms with Crippen LogP contribution >= 0.6 is 0 Å². The highest BCUT2D eigenvalue weighted by Crippen LogP contribution is 2.00. The van der Waals surface area contributed by atoms with E-state index in [1.54, 1.807) is 24.0 Å². The van der Waals surface area contributed by atoms with Crippen molar-refractivity contribution in [3.63, 3.8) is 0 Å². The molecule has 0 radical (unpaired) electrons. The van der Waals surface area contributed by atoms with Crippen LogP contribution in [0.2, 0.25) is 0 Å². The quantitative estimate of drug-likeness (QED) is 0.727. The molecule has 1 aromatic rings. The number of aliphatic carboxylic acids is 1. The van der Waals surface area contributed by atoms with Crippen LogP contribution < -0.4 is 5.32 Å². The summed E-state index contributed by atoms with van der Waals surface area (Å²) < 4.78 is 1.61. The lowest BCUT2D eigenvalue weighted by Crippen LogP contribution is -2.44. The Balaban J connectivity index is 2.34. The van der Waals surface area contributed by atoms with Crippen molar-refractivity contribution in [3.8, 4) is 0 Å². The van der Waals surface area contributed by atoms with Crippen LogP contribution in [-0.4, -0.2) is 56.6 Å². The van der Waals surface area contributed by atoms with Crippen LogP contribution in [0.25, 0.3) is 0 Å². The Morgan fingerprint density at radius 2 is 2.26 bits per heavy atom. The van der Waals surface area contributed by atoms with Gasteiger partial charge >= 0.3 is 12.0 Å². The first kappa shape index (κ1) is 14.9. The van der Waals surface area contributed by atoms with Gasteiger partial charge in [0.2, 0.25) is 0 Å². The van der Waals surface area contributed by atoms with Gasteiger partial charge in [-0.3, -0.25) is 9.48 Å². The number of hydrogen-bond donors (Lipinski definition) is 2. The number of nitrogens with one attached hydrogen (secondary N) is 1. The fraction of sp³-hybridized carbons (Fsp3) is 0.636. The van der Waals surface area contributed by atoms with E-state index in [2.05, 4.69) is 15.6 Å². The summed E-state index contributed by atoms with van der Waals surface area (Å²) >= 11 is 0. The molecule has 1 heterocycles. The topological polar surface area (TPSA) is 100 Å². The van der Waals surface area contributed by atoms with Gasteiger partial charge in [0.05, 0.1) is 18.7 Å². The molecule has 0 aliphatic rings. The van der Waals surface area contributed by atoms with Crippen molar-refractivity contribution in [3.05, 3.63) is 12.4 Å². The summed E-state index contributed by atoms with van der Waals surface area (Å²) in [5.41, 5.74) is 0. The van der Waals surface area contributed by atoms with E-state index in [0.29, 0.717) is 19.6 Å². The molecule has 1 rings (SSSR count). The molecule has 8 heteroatoms. The molecule has 0 fully saturated rings. The molecule has 0 saturated carbocycles. The zero-order valence-corrected chi connectivity index (χ0v) is 11.1. The molecule has 0 aromatic carbocycles. The molecule has 1 atom stereocenters. The summed E-state index contributed by atoms with van der Waals surface area (Å²) in [4.78, 5) is 24.1. The van der Waals surface area contributed by atoms with Crippen LogP contribution in [0.5, 0.6) is 0 Å². The Hall–Kier alpha value is -2.12. The minimum Gasteiger partial charge on any atom is -0.481 e. The number of amides is 2. The molecular formula is C11H19N5O3. The van der Waals surface area contributed by atoms with Crippen LogP contribution in [0.3, 0.4) is 0 Å². The van der Waals surface area contributed by atoms with Crippen LogP contribution in [-0.2, 0) is 11.3 Å². The predicted octanol–water partition coefficient (Wildman–Crippen LogP) is 0.0303. The molecule has 8 nitrogen and oxygen atoms in total. The third kappa shape index (κ3) is 4.94. The number of carbonyl (C=O) groups excluding carboxylic acids is 1. The second-order valence-corrected chi connectivity index (χ2v) is 4.18. The summed E-state index contributed by atoms with van der Waals surface area (Å²) in [7, 11) is 0. The van der Waals surface area contributed by atoms with Crippen molar-refractivity contribution >= 4 is 12.0 Å². The van der Waals surface area contributed by atoms with Crippen molar-refractivity contribution in [2.75, 3.05) is 19.6 Å². The van der Waals surface area contributed by atoms with E-state index in [1.807, 2.05) is 6.92 Å². The number of carboxylic acids is 1. The number of carbonyl (C=O) groups is 2. The predicted molar refractivity (Wildman–Crippen MR) is 67.5 cm³/mol. The molecule has 0 bridgehead atoms. The van der Waals surface area contributed by atoms with Crippen LogP contribution in [0.4, 0.5) is 4.79 Å². The second-order valence-electron chi connectivity index (χ2n) is 4.18. The van der Waals surface area contributed by atoms with E-state index >= 15 is 0 Å². The molecule has 19 heavy (non-hydrogen) atoms. The van der Waals surface area contributed by atoms with E-state index in [1.165, 1.54) is 4.90 Å². The van der Waals surface area contributed by atoms with Gasteiger partial charge < -0.3 is 15.3 Å². The Morgan fingerprint density at radius 3 is 2.79 bits per heavy atom. The smallest absolute Gasteiger partial charge is 0.317 e. The normalized spacial score (nSPS) is 11.9. The van der Waals surface area contributed by atoms with Gasteiger partial charge in [0.25, 0.3) is 0 Å². The number of aromatic nitrogens is 3. The van der Waals surface area contributed by atoms with Gasteiger partial charge in [0, 0.05) is 25.8 Å². The lowest BCUT2D eigenvalue weighted by Gasteiger charge is -2.23. The Morgan fingerprint density at radius 1 is 1.53 bits per heavy atom. The molecule has 0 aliphatic heterocycles.